The summed E-state index contributed by atoms with van der Waals surface area (Å²) in [7, 11) is 3.31. The van der Waals surface area contributed by atoms with Crippen LogP contribution in [0.2, 0.25) is 0 Å². The molecule has 0 saturated carbocycles. The van der Waals surface area contributed by atoms with Crippen molar-refractivity contribution in [3.05, 3.63) is 33.1 Å². The highest BCUT2D eigenvalue weighted by Gasteiger charge is 2.23. The first-order valence-corrected chi connectivity index (χ1v) is 7.57. The fourth-order valence-corrected chi connectivity index (χ4v) is 2.94. The quantitative estimate of drug-likeness (QED) is 0.629. The van der Waals surface area contributed by atoms with E-state index in [0.717, 1.165) is 32.7 Å². The van der Waals surface area contributed by atoms with E-state index in [4.69, 9.17) is 17.0 Å². The first-order chi connectivity index (χ1) is 10.3. The van der Waals surface area contributed by atoms with E-state index in [2.05, 4.69) is 11.2 Å². The number of methoxy groups -OCH3 is 1. The molecule has 0 aromatic carbocycles. The van der Waals surface area contributed by atoms with Gasteiger partial charge in [-0.25, -0.2) is 4.79 Å². The highest BCUT2D eigenvalue weighted by atomic mass is 32.1. The molecule has 2 heterocycles. The number of aryl methyl sites for hydroxylation is 3. The van der Waals surface area contributed by atoms with Crippen molar-refractivity contribution in [2.75, 3.05) is 7.11 Å². The largest absolute Gasteiger partial charge is 0.464 e. The van der Waals surface area contributed by atoms with Gasteiger partial charge >= 0.3 is 5.97 Å². The SMILES string of the molecule is C.CCn1nc(-c2c(C)cc(C)c(=S)n2C)c(C)c1C(=O)OC. The average molecular weight is 335 g/mol. The van der Waals surface area contributed by atoms with Crippen molar-refractivity contribution in [2.24, 2.45) is 7.05 Å². The van der Waals surface area contributed by atoms with Crippen LogP contribution < -0.4 is 0 Å². The van der Waals surface area contributed by atoms with Crippen LogP contribution in [0.4, 0.5) is 0 Å². The molecule has 0 fully saturated rings. The molecule has 0 radical (unpaired) electrons. The first-order valence-electron chi connectivity index (χ1n) is 7.16. The van der Waals surface area contributed by atoms with E-state index in [1.807, 2.05) is 39.3 Å². The number of esters is 1. The minimum atomic E-state index is -0.371. The van der Waals surface area contributed by atoms with Crippen molar-refractivity contribution in [1.82, 2.24) is 14.3 Å². The Balaban J connectivity index is 0.00000264. The monoisotopic (exact) mass is 335 g/mol. The van der Waals surface area contributed by atoms with Gasteiger partial charge in [-0.2, -0.15) is 5.10 Å². The number of pyridine rings is 1. The van der Waals surface area contributed by atoms with E-state index in [9.17, 15) is 4.79 Å². The molecule has 23 heavy (non-hydrogen) atoms. The molecule has 2 rings (SSSR count). The molecule has 0 bridgehead atoms. The molecule has 0 aliphatic heterocycles. The lowest BCUT2D eigenvalue weighted by molar-refractivity contribution is 0.0586. The number of nitrogens with zero attached hydrogens (tertiary/aromatic N) is 3. The molecule has 0 aliphatic carbocycles. The van der Waals surface area contributed by atoms with Crippen molar-refractivity contribution in [3.8, 4) is 11.4 Å². The molecule has 0 N–H and O–H groups in total. The number of carbonyl (C=O) groups excluding carboxylic acids is 1. The second-order valence-corrected chi connectivity index (χ2v) is 5.74. The molecular formula is C17H25N3O2S. The van der Waals surface area contributed by atoms with Crippen LogP contribution in [0, 0.1) is 25.4 Å². The van der Waals surface area contributed by atoms with Gasteiger partial charge in [0, 0.05) is 19.2 Å². The van der Waals surface area contributed by atoms with Gasteiger partial charge in [-0.15, -0.1) is 0 Å². The second kappa shape index (κ2) is 7.08. The van der Waals surface area contributed by atoms with Crippen molar-refractivity contribution in [3.63, 3.8) is 0 Å². The van der Waals surface area contributed by atoms with Gasteiger partial charge in [0.2, 0.25) is 0 Å². The van der Waals surface area contributed by atoms with E-state index < -0.39 is 0 Å². The number of rotatable bonds is 3. The van der Waals surface area contributed by atoms with Crippen molar-refractivity contribution < 1.29 is 9.53 Å². The summed E-state index contributed by atoms with van der Waals surface area (Å²) >= 11 is 5.46. The van der Waals surface area contributed by atoms with Gasteiger partial charge in [0.1, 0.15) is 16.0 Å². The summed E-state index contributed by atoms with van der Waals surface area (Å²) in [6.07, 6.45) is 0. The second-order valence-electron chi connectivity index (χ2n) is 5.35. The Labute approximate surface area is 142 Å². The number of aromatic nitrogens is 3. The maximum atomic E-state index is 12.0. The number of hydrogen-bond donors (Lipinski definition) is 0. The molecule has 2 aromatic rings. The van der Waals surface area contributed by atoms with Crippen LogP contribution >= 0.6 is 12.2 Å². The van der Waals surface area contributed by atoms with Crippen molar-refractivity contribution in [2.45, 2.75) is 41.7 Å². The Hall–Kier alpha value is -1.95. The summed E-state index contributed by atoms with van der Waals surface area (Å²) in [6.45, 7) is 8.46. The fourth-order valence-electron chi connectivity index (χ4n) is 2.79. The summed E-state index contributed by atoms with van der Waals surface area (Å²) < 4.78 is 9.29. The highest BCUT2D eigenvalue weighted by molar-refractivity contribution is 7.71. The van der Waals surface area contributed by atoms with Gasteiger partial charge in [-0.3, -0.25) is 4.68 Å². The molecule has 0 atom stereocenters. The molecule has 6 heteroatoms. The Morgan fingerprint density at radius 1 is 1.30 bits per heavy atom. The Morgan fingerprint density at radius 3 is 2.43 bits per heavy atom. The first kappa shape index (κ1) is 19.1. The molecule has 5 nitrogen and oxygen atoms in total. The summed E-state index contributed by atoms with van der Waals surface area (Å²) in [5.41, 5.74) is 5.14. The maximum absolute atomic E-state index is 12.0. The average Bonchev–Trinajstić information content (AvgIpc) is 2.81. The third-order valence-corrected chi connectivity index (χ3v) is 4.47. The Bertz CT molecular complexity index is 803. The molecule has 0 unspecified atom stereocenters. The predicted molar refractivity (Wildman–Crippen MR) is 95.4 cm³/mol. The van der Waals surface area contributed by atoms with E-state index in [1.54, 1.807) is 4.68 Å². The van der Waals surface area contributed by atoms with Crippen molar-refractivity contribution >= 4 is 18.2 Å². The van der Waals surface area contributed by atoms with Crippen LogP contribution in [0.25, 0.3) is 11.4 Å². The van der Waals surface area contributed by atoms with Gasteiger partial charge in [-0.1, -0.05) is 25.7 Å². The summed E-state index contributed by atoms with van der Waals surface area (Å²) in [4.78, 5) is 12.0. The lowest BCUT2D eigenvalue weighted by atomic mass is 10.1. The molecule has 0 amide bonds. The highest BCUT2D eigenvalue weighted by Crippen LogP contribution is 2.29. The zero-order valence-electron chi connectivity index (χ0n) is 13.9. The smallest absolute Gasteiger partial charge is 0.356 e. The topological polar surface area (TPSA) is 49.0 Å². The number of ether oxygens (including phenoxy) is 1. The van der Waals surface area contributed by atoms with E-state index in [-0.39, 0.29) is 13.4 Å². The molecule has 0 spiro atoms. The lowest BCUT2D eigenvalue weighted by Gasteiger charge is -2.13. The summed E-state index contributed by atoms with van der Waals surface area (Å²) in [5, 5.41) is 4.61. The van der Waals surface area contributed by atoms with Crippen LogP contribution in [-0.2, 0) is 18.3 Å². The van der Waals surface area contributed by atoms with Crippen LogP contribution in [0.15, 0.2) is 6.07 Å². The number of carbonyl (C=O) groups is 1. The molecule has 0 saturated heterocycles. The molecular weight excluding hydrogens is 310 g/mol. The van der Waals surface area contributed by atoms with E-state index in [0.29, 0.717) is 12.2 Å². The van der Waals surface area contributed by atoms with Crippen molar-refractivity contribution in [1.29, 1.82) is 0 Å². The van der Waals surface area contributed by atoms with Crippen LogP contribution in [-0.4, -0.2) is 27.4 Å². The molecule has 126 valence electrons. The third kappa shape index (κ3) is 3.08. The van der Waals surface area contributed by atoms with Gasteiger partial charge in [0.05, 0.1) is 12.8 Å². The third-order valence-electron chi connectivity index (χ3n) is 3.88. The lowest BCUT2D eigenvalue weighted by Crippen LogP contribution is -2.11. The van der Waals surface area contributed by atoms with Gasteiger partial charge < -0.3 is 9.30 Å². The predicted octanol–water partition coefficient (Wildman–Crippen LogP) is 3.99. The number of hydrogen-bond acceptors (Lipinski definition) is 4. The summed E-state index contributed by atoms with van der Waals surface area (Å²) in [6, 6.07) is 2.06. The molecule has 0 aliphatic rings. The van der Waals surface area contributed by atoms with E-state index in [1.165, 1.54) is 7.11 Å². The molecule has 2 aromatic heterocycles. The zero-order chi connectivity index (χ0) is 16.6. The van der Waals surface area contributed by atoms with Crippen LogP contribution in [0.5, 0.6) is 0 Å². The minimum absolute atomic E-state index is 0. The normalized spacial score (nSPS) is 10.3. The van der Waals surface area contributed by atoms with E-state index >= 15 is 0 Å². The van der Waals surface area contributed by atoms with Crippen LogP contribution in [0.1, 0.15) is 41.5 Å². The zero-order valence-corrected chi connectivity index (χ0v) is 14.7. The Morgan fingerprint density at radius 2 is 1.91 bits per heavy atom. The standard InChI is InChI=1S/C16H21N3O2S.CH4/c1-7-19-14(16(20)21-6)11(4)12(17-19)13-9(2)8-10(3)15(22)18(13)5;/h8H,7H2,1-6H3;1H4. The van der Waals surface area contributed by atoms with Gasteiger partial charge in [0.25, 0.3) is 0 Å². The summed E-state index contributed by atoms with van der Waals surface area (Å²) in [5.74, 6) is -0.371. The minimum Gasteiger partial charge on any atom is -0.464 e. The van der Waals surface area contributed by atoms with Gasteiger partial charge in [-0.05, 0) is 38.8 Å². The van der Waals surface area contributed by atoms with Crippen LogP contribution in [0.3, 0.4) is 0 Å². The Kier molecular flexibility index (Phi) is 5.88. The maximum Gasteiger partial charge on any atom is 0.356 e. The fraction of sp³-hybridized carbons (Fsp3) is 0.471. The van der Waals surface area contributed by atoms with Gasteiger partial charge in [0.15, 0.2) is 0 Å².